The third kappa shape index (κ3) is 4.19. The highest BCUT2D eigenvalue weighted by Crippen LogP contribution is 2.12. The monoisotopic (exact) mass is 255 g/mol. The molecule has 0 saturated carbocycles. The van der Waals surface area contributed by atoms with Crippen molar-refractivity contribution in [3.63, 3.8) is 0 Å². The van der Waals surface area contributed by atoms with Crippen molar-refractivity contribution in [2.75, 3.05) is 7.11 Å². The Hall–Kier alpha value is -1.64. The summed E-state index contributed by atoms with van der Waals surface area (Å²) in [5.41, 5.74) is 3.82. The van der Waals surface area contributed by atoms with Crippen LogP contribution in [0.3, 0.4) is 0 Å². The maximum Gasteiger partial charge on any atom is 0.0713 e. The van der Waals surface area contributed by atoms with Crippen LogP contribution in [0.5, 0.6) is 0 Å². The Balaban J connectivity index is 1.88. The zero-order chi connectivity index (χ0) is 13.5. The van der Waals surface area contributed by atoms with Crippen LogP contribution in [0.25, 0.3) is 0 Å². The van der Waals surface area contributed by atoms with Gasteiger partial charge in [0.15, 0.2) is 0 Å². The number of methoxy groups -OCH3 is 1. The zero-order valence-corrected chi connectivity index (χ0v) is 11.6. The third-order valence-corrected chi connectivity index (χ3v) is 3.25. The first-order valence-corrected chi connectivity index (χ1v) is 6.64. The molecule has 2 nitrogen and oxygen atoms in total. The van der Waals surface area contributed by atoms with Gasteiger partial charge in [-0.3, -0.25) is 0 Å². The number of ether oxygens (including phenoxy) is 1. The minimum absolute atomic E-state index is 0.361. The van der Waals surface area contributed by atoms with E-state index >= 15 is 0 Å². The molecule has 100 valence electrons. The Morgan fingerprint density at radius 2 is 1.58 bits per heavy atom. The van der Waals surface area contributed by atoms with Crippen LogP contribution >= 0.6 is 0 Å². The minimum Gasteiger partial charge on any atom is -0.380 e. The summed E-state index contributed by atoms with van der Waals surface area (Å²) in [7, 11) is 1.72. The molecule has 2 aromatic carbocycles. The van der Waals surface area contributed by atoms with Crippen molar-refractivity contribution >= 4 is 0 Å². The molecule has 0 aliphatic rings. The summed E-state index contributed by atoms with van der Waals surface area (Å²) in [6, 6.07) is 19.4. The molecule has 0 fully saturated rings. The molecule has 0 bridgehead atoms. The second-order valence-corrected chi connectivity index (χ2v) is 4.76. The fourth-order valence-corrected chi connectivity index (χ4v) is 2.05. The minimum atomic E-state index is 0.361. The maximum absolute atomic E-state index is 5.11. The largest absolute Gasteiger partial charge is 0.380 e. The van der Waals surface area contributed by atoms with Gasteiger partial charge in [-0.05, 0) is 23.6 Å². The summed E-state index contributed by atoms with van der Waals surface area (Å²) >= 11 is 0. The van der Waals surface area contributed by atoms with Crippen LogP contribution < -0.4 is 5.32 Å². The number of rotatable bonds is 6. The Morgan fingerprint density at radius 3 is 2.21 bits per heavy atom. The van der Waals surface area contributed by atoms with Gasteiger partial charge in [-0.1, -0.05) is 54.6 Å². The van der Waals surface area contributed by atoms with Crippen LogP contribution in [0.4, 0.5) is 0 Å². The van der Waals surface area contributed by atoms with Crippen molar-refractivity contribution in [2.24, 2.45) is 0 Å². The quantitative estimate of drug-likeness (QED) is 0.850. The second kappa shape index (κ2) is 7.07. The van der Waals surface area contributed by atoms with Gasteiger partial charge >= 0.3 is 0 Å². The van der Waals surface area contributed by atoms with Crippen molar-refractivity contribution < 1.29 is 4.74 Å². The molecule has 0 aliphatic heterocycles. The first-order valence-electron chi connectivity index (χ1n) is 6.64. The van der Waals surface area contributed by atoms with Crippen molar-refractivity contribution in [3.8, 4) is 0 Å². The third-order valence-electron chi connectivity index (χ3n) is 3.25. The molecule has 0 saturated heterocycles. The molecule has 2 aromatic rings. The molecular formula is C17H21NO. The number of benzene rings is 2. The summed E-state index contributed by atoms with van der Waals surface area (Å²) in [6.07, 6.45) is 0. The van der Waals surface area contributed by atoms with E-state index in [1.54, 1.807) is 7.11 Å². The first-order chi connectivity index (χ1) is 9.29. The maximum atomic E-state index is 5.11. The molecule has 0 spiro atoms. The number of hydrogen-bond donors (Lipinski definition) is 1. The van der Waals surface area contributed by atoms with Crippen LogP contribution in [0.15, 0.2) is 54.6 Å². The van der Waals surface area contributed by atoms with Crippen LogP contribution in [0.1, 0.15) is 29.7 Å². The van der Waals surface area contributed by atoms with Crippen molar-refractivity contribution in [3.05, 3.63) is 71.3 Å². The summed E-state index contributed by atoms with van der Waals surface area (Å²) in [5, 5.41) is 3.54. The van der Waals surface area contributed by atoms with E-state index in [1.165, 1.54) is 16.7 Å². The van der Waals surface area contributed by atoms with E-state index in [2.05, 4.69) is 60.8 Å². The summed E-state index contributed by atoms with van der Waals surface area (Å²) in [6.45, 7) is 3.74. The van der Waals surface area contributed by atoms with Gasteiger partial charge in [-0.2, -0.15) is 0 Å². The molecular weight excluding hydrogens is 234 g/mol. The summed E-state index contributed by atoms with van der Waals surface area (Å²) < 4.78 is 5.11. The number of hydrogen-bond acceptors (Lipinski definition) is 2. The van der Waals surface area contributed by atoms with Crippen molar-refractivity contribution in [1.29, 1.82) is 0 Å². The molecule has 2 heteroatoms. The molecule has 0 aromatic heterocycles. The smallest absolute Gasteiger partial charge is 0.0713 e. The number of nitrogens with one attached hydrogen (secondary N) is 1. The van der Waals surface area contributed by atoms with Gasteiger partial charge in [0, 0.05) is 19.7 Å². The van der Waals surface area contributed by atoms with Gasteiger partial charge < -0.3 is 10.1 Å². The molecule has 1 N–H and O–H groups in total. The molecule has 0 heterocycles. The Kier molecular flexibility index (Phi) is 5.13. The molecule has 1 atom stereocenters. The fourth-order valence-electron chi connectivity index (χ4n) is 2.05. The van der Waals surface area contributed by atoms with E-state index in [1.807, 2.05) is 6.07 Å². The average molecular weight is 255 g/mol. The van der Waals surface area contributed by atoms with Crippen molar-refractivity contribution in [1.82, 2.24) is 5.32 Å². The molecule has 19 heavy (non-hydrogen) atoms. The molecule has 0 aliphatic carbocycles. The predicted molar refractivity (Wildman–Crippen MR) is 78.9 cm³/mol. The predicted octanol–water partition coefficient (Wildman–Crippen LogP) is 3.68. The van der Waals surface area contributed by atoms with E-state index in [0.717, 1.165) is 6.54 Å². The summed E-state index contributed by atoms with van der Waals surface area (Å²) in [5.74, 6) is 0. The van der Waals surface area contributed by atoms with E-state index < -0.39 is 0 Å². The lowest BCUT2D eigenvalue weighted by molar-refractivity contribution is 0.185. The van der Waals surface area contributed by atoms with Gasteiger partial charge in [0.05, 0.1) is 6.61 Å². The van der Waals surface area contributed by atoms with Gasteiger partial charge in [0.25, 0.3) is 0 Å². The molecule has 0 unspecified atom stereocenters. The molecule has 0 amide bonds. The van der Waals surface area contributed by atoms with E-state index in [4.69, 9.17) is 4.74 Å². The second-order valence-electron chi connectivity index (χ2n) is 4.76. The van der Waals surface area contributed by atoms with Gasteiger partial charge in [-0.15, -0.1) is 0 Å². The SMILES string of the molecule is COCc1ccc(CN[C@H](C)c2ccccc2)cc1. The lowest BCUT2D eigenvalue weighted by Gasteiger charge is -2.14. The summed E-state index contributed by atoms with van der Waals surface area (Å²) in [4.78, 5) is 0. The van der Waals surface area contributed by atoms with E-state index in [-0.39, 0.29) is 0 Å². The normalized spacial score (nSPS) is 12.3. The lowest BCUT2D eigenvalue weighted by Crippen LogP contribution is -2.17. The van der Waals surface area contributed by atoms with Crippen molar-refractivity contribution in [2.45, 2.75) is 26.1 Å². The van der Waals surface area contributed by atoms with Crippen LogP contribution in [0, 0.1) is 0 Å². The van der Waals surface area contributed by atoms with Gasteiger partial charge in [-0.25, -0.2) is 0 Å². The van der Waals surface area contributed by atoms with E-state index in [9.17, 15) is 0 Å². The van der Waals surface area contributed by atoms with Crippen LogP contribution in [0.2, 0.25) is 0 Å². The van der Waals surface area contributed by atoms with E-state index in [0.29, 0.717) is 12.6 Å². The highest BCUT2D eigenvalue weighted by atomic mass is 16.5. The average Bonchev–Trinajstić information content (AvgIpc) is 2.47. The van der Waals surface area contributed by atoms with Crippen LogP contribution in [-0.2, 0) is 17.9 Å². The topological polar surface area (TPSA) is 21.3 Å². The molecule has 0 radical (unpaired) electrons. The standard InChI is InChI=1S/C17H21NO/c1-14(17-6-4-3-5-7-17)18-12-15-8-10-16(11-9-15)13-19-2/h3-11,14,18H,12-13H2,1-2H3/t14-/m1/s1. The Morgan fingerprint density at radius 1 is 0.947 bits per heavy atom. The van der Waals surface area contributed by atoms with Crippen LogP contribution in [-0.4, -0.2) is 7.11 Å². The fraction of sp³-hybridized carbons (Fsp3) is 0.294. The first kappa shape index (κ1) is 13.8. The van der Waals surface area contributed by atoms with Gasteiger partial charge in [0.1, 0.15) is 0 Å². The molecule has 2 rings (SSSR count). The Bertz CT molecular complexity index is 478. The lowest BCUT2D eigenvalue weighted by atomic mass is 10.1. The highest BCUT2D eigenvalue weighted by molar-refractivity contribution is 5.23. The van der Waals surface area contributed by atoms with Gasteiger partial charge in [0.2, 0.25) is 0 Å². The Labute approximate surface area is 115 Å². The highest BCUT2D eigenvalue weighted by Gasteiger charge is 2.03. The zero-order valence-electron chi connectivity index (χ0n) is 11.6.